The van der Waals surface area contributed by atoms with Crippen LogP contribution in [0.15, 0.2) is 0 Å². The highest BCUT2D eigenvalue weighted by Gasteiger charge is 1.98. The van der Waals surface area contributed by atoms with Crippen molar-refractivity contribution in [2.45, 2.75) is 6.42 Å². The van der Waals surface area contributed by atoms with Gasteiger partial charge in [-0.25, -0.2) is 0 Å². The molecular weight excluding hydrogens is 128 g/mol. The first-order valence-corrected chi connectivity index (χ1v) is 2.61. The molecule has 0 atom stereocenters. The van der Waals surface area contributed by atoms with Gasteiger partial charge >= 0.3 is 6.21 Å². The molecule has 0 unspecified atom stereocenters. The predicted octanol–water partition coefficient (Wildman–Crippen LogP) is 0.485. The van der Waals surface area contributed by atoms with Gasteiger partial charge in [-0.05, 0) is 0 Å². The molecule has 0 aliphatic rings. The van der Waals surface area contributed by atoms with Crippen molar-refractivity contribution in [2.24, 2.45) is 0 Å². The standard InChI is InChI=1S/C4H5ClN2O/c5-2-1-4(8)3-7-6/h3H,1-2H2. The van der Waals surface area contributed by atoms with Crippen LogP contribution in [0.5, 0.6) is 0 Å². The Kier molecular flexibility index (Phi) is 4.13. The molecule has 0 heterocycles. The molecule has 0 bridgehead atoms. The van der Waals surface area contributed by atoms with E-state index in [-0.39, 0.29) is 18.1 Å². The largest absolute Gasteiger partial charge is 0.361 e. The summed E-state index contributed by atoms with van der Waals surface area (Å²) in [6.45, 7) is 0. The van der Waals surface area contributed by atoms with Crippen molar-refractivity contribution in [1.82, 2.24) is 0 Å². The first-order chi connectivity index (χ1) is 3.81. The van der Waals surface area contributed by atoms with Crippen LogP contribution in [0.25, 0.3) is 5.53 Å². The molecule has 0 aromatic carbocycles. The molecule has 0 saturated heterocycles. The van der Waals surface area contributed by atoms with Crippen molar-refractivity contribution in [2.75, 3.05) is 5.88 Å². The summed E-state index contributed by atoms with van der Waals surface area (Å²) >= 11 is 5.17. The van der Waals surface area contributed by atoms with Crippen LogP contribution >= 0.6 is 11.6 Å². The van der Waals surface area contributed by atoms with Crippen molar-refractivity contribution in [3.05, 3.63) is 5.53 Å². The van der Waals surface area contributed by atoms with Gasteiger partial charge in [0, 0.05) is 12.3 Å². The van der Waals surface area contributed by atoms with Gasteiger partial charge in [-0.1, -0.05) is 0 Å². The van der Waals surface area contributed by atoms with Crippen LogP contribution in [-0.2, 0) is 4.79 Å². The van der Waals surface area contributed by atoms with Crippen molar-refractivity contribution >= 4 is 23.6 Å². The molecule has 0 rings (SSSR count). The first-order valence-electron chi connectivity index (χ1n) is 2.07. The smallest absolute Gasteiger partial charge is 0.323 e. The third kappa shape index (κ3) is 3.53. The van der Waals surface area contributed by atoms with Crippen molar-refractivity contribution < 1.29 is 9.58 Å². The van der Waals surface area contributed by atoms with Crippen LogP contribution in [0.4, 0.5) is 0 Å². The fourth-order valence-corrected chi connectivity index (χ4v) is 0.408. The zero-order chi connectivity index (χ0) is 6.41. The highest BCUT2D eigenvalue weighted by atomic mass is 35.5. The Hall–Kier alpha value is -0.660. The summed E-state index contributed by atoms with van der Waals surface area (Å²) in [5, 5.41) is 0. The van der Waals surface area contributed by atoms with Gasteiger partial charge in [0.15, 0.2) is 0 Å². The Bertz CT molecular complexity index is 128. The van der Waals surface area contributed by atoms with Gasteiger partial charge in [0.1, 0.15) is 0 Å². The second kappa shape index (κ2) is 4.50. The third-order valence-electron chi connectivity index (χ3n) is 0.543. The topological polar surface area (TPSA) is 53.5 Å². The van der Waals surface area contributed by atoms with Crippen LogP contribution in [0, 0.1) is 0 Å². The number of carbonyl (C=O) groups excluding carboxylic acids is 1. The lowest BCUT2D eigenvalue weighted by atomic mass is 10.3. The highest BCUT2D eigenvalue weighted by molar-refractivity contribution is 6.28. The van der Waals surface area contributed by atoms with E-state index in [1.807, 2.05) is 0 Å². The zero-order valence-corrected chi connectivity index (χ0v) is 4.93. The van der Waals surface area contributed by atoms with Gasteiger partial charge in [0.2, 0.25) is 5.78 Å². The van der Waals surface area contributed by atoms with Crippen molar-refractivity contribution in [1.29, 1.82) is 0 Å². The van der Waals surface area contributed by atoms with Gasteiger partial charge in [0.25, 0.3) is 0 Å². The van der Waals surface area contributed by atoms with E-state index in [9.17, 15) is 4.79 Å². The van der Waals surface area contributed by atoms with Gasteiger partial charge in [-0.3, -0.25) is 4.79 Å². The molecule has 0 aromatic rings. The number of rotatable bonds is 3. The summed E-state index contributed by atoms with van der Waals surface area (Å²) in [6, 6.07) is 0. The zero-order valence-electron chi connectivity index (χ0n) is 4.17. The summed E-state index contributed by atoms with van der Waals surface area (Å²) in [7, 11) is 0. The second-order valence-corrected chi connectivity index (χ2v) is 1.53. The molecule has 0 spiro atoms. The summed E-state index contributed by atoms with van der Waals surface area (Å²) in [6.07, 6.45) is 1.06. The Morgan fingerprint density at radius 2 is 2.50 bits per heavy atom. The minimum atomic E-state index is -0.262. The number of alkyl halides is 1. The molecule has 0 saturated carbocycles. The van der Waals surface area contributed by atoms with E-state index in [0.29, 0.717) is 0 Å². The minimum absolute atomic E-state index is 0.228. The number of Topliss-reactive ketones (excluding diaryl/α,β-unsaturated/α-hetero) is 1. The Morgan fingerprint density at radius 1 is 1.88 bits per heavy atom. The SMILES string of the molecule is [N-]=[N+]=CC(=O)CCCl. The third-order valence-corrected chi connectivity index (χ3v) is 0.732. The first kappa shape index (κ1) is 7.34. The van der Waals surface area contributed by atoms with E-state index in [0.717, 1.165) is 6.21 Å². The monoisotopic (exact) mass is 132 g/mol. The Balaban J connectivity index is 3.49. The predicted molar refractivity (Wildman–Crippen MR) is 30.0 cm³/mol. The van der Waals surface area contributed by atoms with Crippen LogP contribution in [-0.4, -0.2) is 22.7 Å². The lowest BCUT2D eigenvalue weighted by molar-refractivity contribution is -0.115. The number of hydrogen-bond acceptors (Lipinski definition) is 1. The minimum Gasteiger partial charge on any atom is -0.361 e. The number of hydrogen-bond donors (Lipinski definition) is 0. The molecule has 0 amide bonds. The van der Waals surface area contributed by atoms with E-state index in [2.05, 4.69) is 4.79 Å². The van der Waals surface area contributed by atoms with E-state index in [4.69, 9.17) is 17.1 Å². The van der Waals surface area contributed by atoms with Gasteiger partial charge in [0.05, 0.1) is 0 Å². The van der Waals surface area contributed by atoms with Gasteiger partial charge in [-0.2, -0.15) is 4.79 Å². The quantitative estimate of drug-likeness (QED) is 0.239. The van der Waals surface area contributed by atoms with Gasteiger partial charge in [-0.15, -0.1) is 11.6 Å². The second-order valence-electron chi connectivity index (χ2n) is 1.15. The molecule has 0 N–H and O–H groups in total. The number of nitrogens with zero attached hydrogens (tertiary/aromatic N) is 2. The Labute approximate surface area is 51.9 Å². The van der Waals surface area contributed by atoms with Crippen LogP contribution in [0.3, 0.4) is 0 Å². The molecule has 0 aliphatic heterocycles. The lowest BCUT2D eigenvalue weighted by Gasteiger charge is -1.76. The summed E-state index contributed by atoms with van der Waals surface area (Å²) in [5.74, 6) is 0.00713. The molecule has 3 nitrogen and oxygen atoms in total. The average molecular weight is 133 g/mol. The van der Waals surface area contributed by atoms with Gasteiger partial charge < -0.3 is 5.53 Å². The van der Waals surface area contributed by atoms with E-state index >= 15 is 0 Å². The number of ketones is 1. The van der Waals surface area contributed by atoms with Crippen molar-refractivity contribution in [3.8, 4) is 0 Å². The molecule has 44 valence electrons. The molecule has 0 fully saturated rings. The van der Waals surface area contributed by atoms with E-state index < -0.39 is 0 Å². The highest BCUT2D eigenvalue weighted by Crippen LogP contribution is 1.81. The maximum absolute atomic E-state index is 10.2. The Morgan fingerprint density at radius 3 is 2.88 bits per heavy atom. The van der Waals surface area contributed by atoms with Crippen molar-refractivity contribution in [3.63, 3.8) is 0 Å². The number of carbonyl (C=O) groups is 1. The van der Waals surface area contributed by atoms with Crippen LogP contribution in [0.2, 0.25) is 0 Å². The maximum atomic E-state index is 10.2. The number of halogens is 1. The van der Waals surface area contributed by atoms with Crippen LogP contribution in [0.1, 0.15) is 6.42 Å². The molecule has 8 heavy (non-hydrogen) atoms. The molecule has 4 heteroatoms. The molecule has 0 radical (unpaired) electrons. The normalized spacial score (nSPS) is 7.62. The summed E-state index contributed by atoms with van der Waals surface area (Å²) in [5.41, 5.74) is 7.77. The fourth-order valence-electron chi connectivity index (χ4n) is 0.222. The molecule has 0 aromatic heterocycles. The van der Waals surface area contributed by atoms with E-state index in [1.54, 1.807) is 0 Å². The summed E-state index contributed by atoms with van der Waals surface area (Å²) < 4.78 is 0. The lowest BCUT2D eigenvalue weighted by Crippen LogP contribution is -1.99. The average Bonchev–Trinajstić information content (AvgIpc) is 1.68. The fraction of sp³-hybridized carbons (Fsp3) is 0.500. The maximum Gasteiger partial charge on any atom is 0.323 e. The van der Waals surface area contributed by atoms with Crippen LogP contribution < -0.4 is 0 Å². The summed E-state index contributed by atoms with van der Waals surface area (Å²) in [4.78, 5) is 12.8. The van der Waals surface area contributed by atoms with E-state index in [1.165, 1.54) is 0 Å². The molecular formula is C4H5ClN2O. The molecule has 0 aliphatic carbocycles.